The first-order chi connectivity index (χ1) is 0. The summed E-state index contributed by atoms with van der Waals surface area (Å²) in [5.41, 5.74) is 0. The van der Waals surface area contributed by atoms with Crippen LogP contribution in [-0.2, 0) is 26.2 Å². The SMILES string of the molecule is O.[Ba+2].[OH-].[OH-].[Zr]. The Morgan fingerprint density at radius 3 is 0.800 bits per heavy atom. The molecule has 0 aliphatic heterocycles. The Labute approximate surface area is 89.6 Å². The predicted molar refractivity (Wildman–Crippen MR) is 13.2 cm³/mol. The topological polar surface area (TPSA) is 91.5 Å². The second-order valence-corrected chi connectivity index (χ2v) is 0. The average Bonchev–Trinajstić information content (AvgIpc) is 0. The van der Waals surface area contributed by atoms with Crippen molar-refractivity contribution in [3.63, 3.8) is 0 Å². The minimum absolute atomic E-state index is 0. The van der Waals surface area contributed by atoms with Crippen LogP contribution in [-0.4, -0.2) is 65.3 Å². The third kappa shape index (κ3) is 21.8. The molecule has 0 amide bonds. The maximum absolute atomic E-state index is 0. The Bertz CT molecular complexity index is 6.85. The molecule has 0 radical (unpaired) electrons. The van der Waals surface area contributed by atoms with E-state index >= 15 is 0 Å². The van der Waals surface area contributed by atoms with Gasteiger partial charge in [-0.2, -0.15) is 0 Å². The van der Waals surface area contributed by atoms with Crippen LogP contribution in [0.4, 0.5) is 0 Å². The second kappa shape index (κ2) is 33.1. The van der Waals surface area contributed by atoms with Gasteiger partial charge in [0.1, 0.15) is 0 Å². The Hall–Kier alpha value is 2.33. The molecule has 3 nitrogen and oxygen atoms in total. The summed E-state index contributed by atoms with van der Waals surface area (Å²) in [5.74, 6) is 0. The molecule has 0 atom stereocenters. The summed E-state index contributed by atoms with van der Waals surface area (Å²) < 4.78 is 0. The monoisotopic (exact) mass is 280 g/mol. The van der Waals surface area contributed by atoms with Crippen LogP contribution in [0.1, 0.15) is 0 Å². The fourth-order valence-corrected chi connectivity index (χ4v) is 0. The Kier molecular flexibility index (Phi) is 357. The molecule has 0 spiro atoms. The van der Waals surface area contributed by atoms with E-state index in [1.807, 2.05) is 0 Å². The zero-order chi connectivity index (χ0) is 0. The van der Waals surface area contributed by atoms with Crippen LogP contribution >= 0.6 is 0 Å². The van der Waals surface area contributed by atoms with Crippen LogP contribution in [0.2, 0.25) is 0 Å². The van der Waals surface area contributed by atoms with E-state index in [1.165, 1.54) is 0 Å². The first-order valence-electron chi connectivity index (χ1n) is 0. The van der Waals surface area contributed by atoms with Crippen LogP contribution < -0.4 is 0 Å². The second-order valence-electron chi connectivity index (χ2n) is 0. The normalized spacial score (nSPS) is 0. The van der Waals surface area contributed by atoms with Gasteiger partial charge in [0, 0.05) is 26.2 Å². The molecule has 28 valence electrons. The zero-order valence-corrected chi connectivity index (χ0v) is 9.50. The molecule has 0 aromatic heterocycles. The van der Waals surface area contributed by atoms with E-state index in [9.17, 15) is 0 Å². The first kappa shape index (κ1) is 54.0. The van der Waals surface area contributed by atoms with Crippen molar-refractivity contribution < 1.29 is 42.6 Å². The molecular weight excluding hydrogens is 277 g/mol. The molecular formula is H4BaO3Zr. The van der Waals surface area contributed by atoms with Gasteiger partial charge in [0.15, 0.2) is 0 Å². The van der Waals surface area contributed by atoms with Crippen molar-refractivity contribution in [1.29, 1.82) is 0 Å². The van der Waals surface area contributed by atoms with Crippen molar-refractivity contribution >= 4 is 48.9 Å². The van der Waals surface area contributed by atoms with Crippen molar-refractivity contribution in [2.75, 3.05) is 0 Å². The molecule has 5 heteroatoms. The van der Waals surface area contributed by atoms with Crippen molar-refractivity contribution in [2.24, 2.45) is 0 Å². The molecule has 0 aliphatic rings. The minimum Gasteiger partial charge on any atom is -0.870 e. The van der Waals surface area contributed by atoms with E-state index in [2.05, 4.69) is 0 Å². The van der Waals surface area contributed by atoms with Crippen molar-refractivity contribution in [2.45, 2.75) is 0 Å². The van der Waals surface area contributed by atoms with Gasteiger partial charge in [-0.3, -0.25) is 0 Å². The van der Waals surface area contributed by atoms with Crippen LogP contribution in [0, 0.1) is 0 Å². The predicted octanol–water partition coefficient (Wildman–Crippen LogP) is -1.56. The third-order valence-corrected chi connectivity index (χ3v) is 0. The molecule has 0 heterocycles. The summed E-state index contributed by atoms with van der Waals surface area (Å²) in [6.45, 7) is 0. The molecule has 0 aromatic rings. The van der Waals surface area contributed by atoms with Gasteiger partial charge in [0.25, 0.3) is 0 Å². The van der Waals surface area contributed by atoms with Crippen LogP contribution in [0.5, 0.6) is 0 Å². The summed E-state index contributed by atoms with van der Waals surface area (Å²) in [6.07, 6.45) is 0. The van der Waals surface area contributed by atoms with E-state index in [-0.39, 0.29) is 91.5 Å². The number of hydrogen-bond acceptors (Lipinski definition) is 2. The molecule has 0 unspecified atom stereocenters. The molecule has 4 N–H and O–H groups in total. The maximum Gasteiger partial charge on any atom is 2.00 e. The zero-order valence-electron chi connectivity index (χ0n) is 2.60. The van der Waals surface area contributed by atoms with Gasteiger partial charge >= 0.3 is 48.9 Å². The molecule has 5 heavy (non-hydrogen) atoms. The standard InChI is InChI=1S/Ba.3H2O.Zr/h;3*1H2;/q+2;;;;/p-2. The van der Waals surface area contributed by atoms with E-state index in [1.54, 1.807) is 0 Å². The van der Waals surface area contributed by atoms with Crippen molar-refractivity contribution in [3.8, 4) is 0 Å². The van der Waals surface area contributed by atoms with Crippen LogP contribution in [0.15, 0.2) is 0 Å². The molecule has 0 aromatic carbocycles. The molecule has 0 bridgehead atoms. The Balaban J connectivity index is 0. The summed E-state index contributed by atoms with van der Waals surface area (Å²) in [4.78, 5) is 0. The van der Waals surface area contributed by atoms with Crippen LogP contribution in [0.25, 0.3) is 0 Å². The largest absolute Gasteiger partial charge is 2.00 e. The van der Waals surface area contributed by atoms with Gasteiger partial charge in [-0.25, -0.2) is 0 Å². The average molecular weight is 281 g/mol. The van der Waals surface area contributed by atoms with Gasteiger partial charge < -0.3 is 16.4 Å². The van der Waals surface area contributed by atoms with E-state index in [0.29, 0.717) is 0 Å². The number of hydrogen-bond donors (Lipinski definition) is 0. The molecule has 0 rings (SSSR count). The van der Waals surface area contributed by atoms with E-state index < -0.39 is 0 Å². The summed E-state index contributed by atoms with van der Waals surface area (Å²) >= 11 is 0. The van der Waals surface area contributed by atoms with E-state index in [4.69, 9.17) is 0 Å². The fraction of sp³-hybridized carbons (Fsp3) is 0. The smallest absolute Gasteiger partial charge is 0.870 e. The summed E-state index contributed by atoms with van der Waals surface area (Å²) in [6, 6.07) is 0. The molecule has 0 saturated carbocycles. The van der Waals surface area contributed by atoms with E-state index in [0.717, 1.165) is 0 Å². The Morgan fingerprint density at radius 2 is 0.800 bits per heavy atom. The van der Waals surface area contributed by atoms with Crippen molar-refractivity contribution in [3.05, 3.63) is 0 Å². The Morgan fingerprint density at radius 1 is 0.800 bits per heavy atom. The quantitative estimate of drug-likeness (QED) is 0.502. The fourth-order valence-electron chi connectivity index (χ4n) is 0. The third-order valence-electron chi connectivity index (χ3n) is 0. The van der Waals surface area contributed by atoms with Gasteiger partial charge in [0.2, 0.25) is 0 Å². The van der Waals surface area contributed by atoms with Gasteiger partial charge in [0.05, 0.1) is 0 Å². The van der Waals surface area contributed by atoms with Gasteiger partial charge in [-0.1, -0.05) is 0 Å². The number of rotatable bonds is 0. The molecule has 0 aliphatic carbocycles. The summed E-state index contributed by atoms with van der Waals surface area (Å²) in [7, 11) is 0. The van der Waals surface area contributed by atoms with Crippen molar-refractivity contribution in [1.82, 2.24) is 0 Å². The maximum atomic E-state index is 0. The molecule has 0 saturated heterocycles. The first-order valence-corrected chi connectivity index (χ1v) is 0. The minimum atomic E-state index is 0. The summed E-state index contributed by atoms with van der Waals surface area (Å²) in [5, 5.41) is 0. The molecule has 0 fully saturated rings. The van der Waals surface area contributed by atoms with Gasteiger partial charge in [-0.15, -0.1) is 0 Å². The van der Waals surface area contributed by atoms with Gasteiger partial charge in [-0.05, 0) is 0 Å². The van der Waals surface area contributed by atoms with Crippen LogP contribution in [0.3, 0.4) is 0 Å².